The van der Waals surface area contributed by atoms with Crippen LogP contribution in [0.25, 0.3) is 0 Å². The lowest BCUT2D eigenvalue weighted by Crippen LogP contribution is -2.12. The van der Waals surface area contributed by atoms with Gasteiger partial charge < -0.3 is 10.5 Å². The first-order chi connectivity index (χ1) is 7.52. The molecule has 16 heavy (non-hydrogen) atoms. The minimum atomic E-state index is -2.76. The molecular weight excluding hydrogens is 242 g/mol. The van der Waals surface area contributed by atoms with Gasteiger partial charge in [0, 0.05) is 17.4 Å². The van der Waals surface area contributed by atoms with E-state index < -0.39 is 18.0 Å². The summed E-state index contributed by atoms with van der Waals surface area (Å²) in [5.74, 6) is -0.952. The van der Waals surface area contributed by atoms with E-state index in [0.29, 0.717) is 0 Å². The second kappa shape index (κ2) is 5.07. The maximum Gasteiger partial charge on any atom is 0.357 e. The number of pyridine rings is 1. The normalized spacial score (nSPS) is 10.6. The quantitative estimate of drug-likeness (QED) is 0.659. The molecule has 0 amide bonds. The number of halogens is 3. The molecule has 88 valence electrons. The Bertz CT molecular complexity index is 413. The van der Waals surface area contributed by atoms with Crippen molar-refractivity contribution in [3.05, 3.63) is 23.0 Å². The van der Waals surface area contributed by atoms with E-state index in [9.17, 15) is 13.6 Å². The van der Waals surface area contributed by atoms with E-state index in [1.165, 1.54) is 0 Å². The van der Waals surface area contributed by atoms with Crippen LogP contribution in [0.5, 0.6) is 0 Å². The molecular formula is C9H9ClF2N2O2. The molecule has 7 heteroatoms. The first kappa shape index (κ1) is 12.6. The molecule has 1 aromatic rings. The fraction of sp³-hybridized carbons (Fsp3) is 0.333. The van der Waals surface area contributed by atoms with Gasteiger partial charge >= 0.3 is 5.97 Å². The van der Waals surface area contributed by atoms with E-state index in [4.69, 9.17) is 17.3 Å². The molecule has 0 saturated heterocycles. The third kappa shape index (κ3) is 2.21. The molecule has 0 aromatic carbocycles. The van der Waals surface area contributed by atoms with Crippen LogP contribution in [-0.4, -0.2) is 18.1 Å². The van der Waals surface area contributed by atoms with Crippen molar-refractivity contribution in [1.29, 1.82) is 0 Å². The maximum atomic E-state index is 12.5. The van der Waals surface area contributed by atoms with Crippen LogP contribution in [0.3, 0.4) is 0 Å². The Hall–Kier alpha value is -1.43. The van der Waals surface area contributed by atoms with Crippen molar-refractivity contribution in [3.8, 4) is 0 Å². The second-order valence-corrected chi connectivity index (χ2v) is 3.15. The second-order valence-electron chi connectivity index (χ2n) is 2.88. The number of rotatable bonds is 3. The van der Waals surface area contributed by atoms with Gasteiger partial charge in [0.1, 0.15) is 0 Å². The number of aromatic nitrogens is 1. The number of methoxy groups -OCH3 is 1. The van der Waals surface area contributed by atoms with Crippen LogP contribution >= 0.6 is 11.6 Å². The van der Waals surface area contributed by atoms with Crippen molar-refractivity contribution in [2.75, 3.05) is 12.8 Å². The number of nitrogens with two attached hydrogens (primary N) is 1. The Labute approximate surface area is 95.4 Å². The number of ether oxygens (including phenoxy) is 1. The van der Waals surface area contributed by atoms with Gasteiger partial charge in [-0.3, -0.25) is 0 Å². The van der Waals surface area contributed by atoms with Gasteiger partial charge in [0.15, 0.2) is 5.69 Å². The minimum Gasteiger partial charge on any atom is -0.464 e. The van der Waals surface area contributed by atoms with Gasteiger partial charge in [0.2, 0.25) is 0 Å². The predicted octanol–water partition coefficient (Wildman–Crippen LogP) is 2.13. The molecule has 1 rings (SSSR count). The number of hydrogen-bond donors (Lipinski definition) is 1. The Balaban J connectivity index is 3.35. The monoisotopic (exact) mass is 250 g/mol. The lowest BCUT2D eigenvalue weighted by atomic mass is 10.1. The Kier molecular flexibility index (Phi) is 4.00. The number of carbonyl (C=O) groups is 1. The Morgan fingerprint density at radius 2 is 2.31 bits per heavy atom. The van der Waals surface area contributed by atoms with Gasteiger partial charge in [-0.15, -0.1) is 11.6 Å². The smallest absolute Gasteiger partial charge is 0.357 e. The van der Waals surface area contributed by atoms with Gasteiger partial charge in [0.25, 0.3) is 6.43 Å². The van der Waals surface area contributed by atoms with Gasteiger partial charge in [-0.1, -0.05) is 0 Å². The molecule has 4 nitrogen and oxygen atoms in total. The average molecular weight is 251 g/mol. The summed E-state index contributed by atoms with van der Waals surface area (Å²) >= 11 is 5.54. The summed E-state index contributed by atoms with van der Waals surface area (Å²) in [6.45, 7) is 0. The molecule has 0 aliphatic carbocycles. The van der Waals surface area contributed by atoms with E-state index in [1.807, 2.05) is 0 Å². The molecule has 1 heterocycles. The summed E-state index contributed by atoms with van der Waals surface area (Å²) < 4.78 is 29.4. The highest BCUT2D eigenvalue weighted by Crippen LogP contribution is 2.29. The molecule has 0 spiro atoms. The first-order valence-corrected chi connectivity index (χ1v) is 4.76. The molecule has 0 bridgehead atoms. The Morgan fingerprint density at radius 3 is 2.75 bits per heavy atom. The highest BCUT2D eigenvalue weighted by atomic mass is 35.5. The van der Waals surface area contributed by atoms with Crippen LogP contribution in [0.1, 0.15) is 28.0 Å². The predicted molar refractivity (Wildman–Crippen MR) is 54.5 cm³/mol. The standard InChI is InChI=1S/C9H9ClF2N2O2/c1-16-9(15)7-4(2-10)6(13)5(3-14-7)8(11)12/h3,8H,2H2,1H3,(H2,13,14). The number of hydrogen-bond acceptors (Lipinski definition) is 4. The van der Waals surface area contributed by atoms with Gasteiger partial charge in [0.05, 0.1) is 18.6 Å². The fourth-order valence-corrected chi connectivity index (χ4v) is 1.44. The third-order valence-corrected chi connectivity index (χ3v) is 2.27. The number of carbonyl (C=O) groups excluding carboxylic acids is 1. The van der Waals surface area contributed by atoms with E-state index in [2.05, 4.69) is 9.72 Å². The van der Waals surface area contributed by atoms with Crippen molar-refractivity contribution in [3.63, 3.8) is 0 Å². The topological polar surface area (TPSA) is 65.2 Å². The molecule has 0 aliphatic rings. The molecule has 0 aliphatic heterocycles. The lowest BCUT2D eigenvalue weighted by molar-refractivity contribution is 0.0592. The fourth-order valence-electron chi connectivity index (χ4n) is 1.17. The maximum absolute atomic E-state index is 12.5. The minimum absolute atomic E-state index is 0.0614. The van der Waals surface area contributed by atoms with Crippen molar-refractivity contribution in [2.45, 2.75) is 12.3 Å². The van der Waals surface area contributed by atoms with Gasteiger partial charge in [-0.25, -0.2) is 18.6 Å². The summed E-state index contributed by atoms with van der Waals surface area (Å²) in [6.07, 6.45) is -1.91. The number of nitrogen functional groups attached to an aromatic ring is 1. The van der Waals surface area contributed by atoms with Crippen LogP contribution in [0.2, 0.25) is 0 Å². The van der Waals surface area contributed by atoms with Crippen molar-refractivity contribution >= 4 is 23.3 Å². The van der Waals surface area contributed by atoms with E-state index in [1.54, 1.807) is 0 Å². The molecule has 0 atom stereocenters. The highest BCUT2D eigenvalue weighted by Gasteiger charge is 2.21. The summed E-state index contributed by atoms with van der Waals surface area (Å²) in [6, 6.07) is 0. The van der Waals surface area contributed by atoms with Gasteiger partial charge in [-0.05, 0) is 0 Å². The average Bonchev–Trinajstić information content (AvgIpc) is 2.26. The molecule has 0 saturated carbocycles. The molecule has 0 radical (unpaired) electrons. The van der Waals surface area contributed by atoms with Gasteiger partial charge in [-0.2, -0.15) is 0 Å². The van der Waals surface area contributed by atoms with Crippen LogP contribution in [0.15, 0.2) is 6.20 Å². The van der Waals surface area contributed by atoms with Crippen molar-refractivity contribution in [1.82, 2.24) is 4.98 Å². The first-order valence-electron chi connectivity index (χ1n) is 4.22. The van der Waals surface area contributed by atoms with Crippen LogP contribution in [0.4, 0.5) is 14.5 Å². The zero-order chi connectivity index (χ0) is 12.3. The van der Waals surface area contributed by atoms with E-state index in [0.717, 1.165) is 13.3 Å². The van der Waals surface area contributed by atoms with Crippen LogP contribution < -0.4 is 5.73 Å². The van der Waals surface area contributed by atoms with Crippen molar-refractivity contribution in [2.24, 2.45) is 0 Å². The van der Waals surface area contributed by atoms with Crippen molar-refractivity contribution < 1.29 is 18.3 Å². The number of nitrogens with zero attached hydrogens (tertiary/aromatic N) is 1. The van der Waals surface area contributed by atoms with E-state index >= 15 is 0 Å². The number of esters is 1. The summed E-state index contributed by atoms with van der Waals surface area (Å²) in [7, 11) is 1.15. The molecule has 0 fully saturated rings. The SMILES string of the molecule is COC(=O)c1ncc(C(F)F)c(N)c1CCl. The molecule has 2 N–H and O–H groups in total. The van der Waals surface area contributed by atoms with E-state index in [-0.39, 0.29) is 22.8 Å². The molecule has 0 unspecified atom stereocenters. The lowest BCUT2D eigenvalue weighted by Gasteiger charge is -2.11. The summed E-state index contributed by atoms with van der Waals surface area (Å²) in [4.78, 5) is 14.8. The highest BCUT2D eigenvalue weighted by molar-refractivity contribution is 6.18. The number of alkyl halides is 3. The summed E-state index contributed by atoms with van der Waals surface area (Å²) in [5.41, 5.74) is 4.73. The van der Waals surface area contributed by atoms with Crippen LogP contribution in [-0.2, 0) is 10.6 Å². The zero-order valence-electron chi connectivity index (χ0n) is 8.34. The van der Waals surface area contributed by atoms with Crippen LogP contribution in [0, 0.1) is 0 Å². The summed E-state index contributed by atoms with van der Waals surface area (Å²) in [5, 5.41) is 0. The molecule has 1 aromatic heterocycles. The Morgan fingerprint density at radius 1 is 1.69 bits per heavy atom. The zero-order valence-corrected chi connectivity index (χ0v) is 9.09. The largest absolute Gasteiger partial charge is 0.464 e. The number of anilines is 1. The third-order valence-electron chi connectivity index (χ3n) is 2.00.